The zero-order valence-corrected chi connectivity index (χ0v) is 9.36. The Bertz CT molecular complexity index is 359. The fraction of sp³-hybridized carbons (Fsp3) is 1.00. The van der Waals surface area contributed by atoms with Crippen molar-refractivity contribution in [3.63, 3.8) is 0 Å². The number of alkyl halides is 3. The number of halogens is 3. The molecule has 0 radical (unpaired) electrons. The third-order valence-corrected chi connectivity index (χ3v) is 4.54. The maximum Gasteiger partial charge on any atom is 0.516 e. The summed E-state index contributed by atoms with van der Waals surface area (Å²) in [6, 6.07) is 0. The molecule has 5 nitrogen and oxygen atoms in total. The Hall–Kier alpha value is -0.380. The molecule has 0 aromatic carbocycles. The van der Waals surface area contributed by atoms with Crippen LogP contribution < -0.4 is 9.73 Å². The minimum Gasteiger partial charge on any atom is -0.321 e. The summed E-state index contributed by atoms with van der Waals surface area (Å²) in [5, 5.41) is 0. The molecule has 3 aliphatic rings. The van der Waals surface area contributed by atoms with Gasteiger partial charge >= 0.3 is 15.5 Å². The summed E-state index contributed by atoms with van der Waals surface area (Å²) in [5.74, 6) is 0. The average Bonchev–Trinajstić information content (AvgIpc) is 2.17. The van der Waals surface area contributed by atoms with Crippen molar-refractivity contribution >= 4 is 10.0 Å². The molecule has 16 heavy (non-hydrogen) atoms. The van der Waals surface area contributed by atoms with Gasteiger partial charge in [0.2, 0.25) is 0 Å². The van der Waals surface area contributed by atoms with Crippen molar-refractivity contribution in [2.24, 2.45) is 0 Å². The molecule has 0 aromatic rings. The quantitative estimate of drug-likeness (QED) is 0.569. The van der Waals surface area contributed by atoms with Gasteiger partial charge in [-0.3, -0.25) is 0 Å². The number of quaternary nitrogens is 2. The molecule has 0 aliphatic carbocycles. The van der Waals surface area contributed by atoms with E-state index in [1.165, 1.54) is 4.90 Å². The Balaban J connectivity index is 2.15. The van der Waals surface area contributed by atoms with Crippen molar-refractivity contribution in [3.8, 4) is 0 Å². The van der Waals surface area contributed by atoms with Crippen LogP contribution >= 0.6 is 0 Å². The van der Waals surface area contributed by atoms with Crippen LogP contribution in [0.5, 0.6) is 0 Å². The van der Waals surface area contributed by atoms with Gasteiger partial charge in [0.1, 0.15) is 39.3 Å². The molecule has 9 heteroatoms. The topological polar surface area (TPSA) is 50.6 Å². The Labute approximate surface area is 91.4 Å². The maximum absolute atomic E-state index is 12.2. The molecule has 0 spiro atoms. The maximum atomic E-state index is 12.2. The summed E-state index contributed by atoms with van der Waals surface area (Å²) < 4.78 is 58.7. The molecule has 2 N–H and O–H groups in total. The highest BCUT2D eigenvalue weighted by Gasteiger charge is 2.53. The number of nitrogens with zero attached hydrogens (tertiary/aromatic N) is 1. The standard InChI is InChI=1S/C7H13F3N3O2S/c8-7(9,10)16(14,15)11-13-4-1-12(2-5-13)3-6-13/h11H,1-6H2/q+1/p+1. The Morgan fingerprint density at radius 2 is 1.50 bits per heavy atom. The molecule has 0 unspecified atom stereocenters. The van der Waals surface area contributed by atoms with Gasteiger partial charge in [0.15, 0.2) is 0 Å². The first-order valence-corrected chi connectivity index (χ1v) is 6.52. The first-order chi connectivity index (χ1) is 7.24. The van der Waals surface area contributed by atoms with Crippen LogP contribution in [0.1, 0.15) is 0 Å². The number of hydrogen-bond donors (Lipinski definition) is 2. The highest BCUT2D eigenvalue weighted by Crippen LogP contribution is 2.23. The van der Waals surface area contributed by atoms with E-state index in [-0.39, 0.29) is 4.59 Å². The zero-order valence-electron chi connectivity index (χ0n) is 8.55. The lowest BCUT2D eigenvalue weighted by molar-refractivity contribution is -1.09. The summed E-state index contributed by atoms with van der Waals surface area (Å²) in [4.78, 5) is 3.15. The van der Waals surface area contributed by atoms with E-state index in [0.717, 1.165) is 19.6 Å². The molecule has 0 atom stereocenters. The molecule has 3 saturated heterocycles. The average molecular weight is 261 g/mol. The molecular weight excluding hydrogens is 247 g/mol. The van der Waals surface area contributed by atoms with Crippen LogP contribution in [0.3, 0.4) is 0 Å². The van der Waals surface area contributed by atoms with Gasteiger partial charge in [-0.15, -0.1) is 0 Å². The third kappa shape index (κ3) is 2.04. The minimum atomic E-state index is -5.23. The highest BCUT2D eigenvalue weighted by molar-refractivity contribution is 7.90. The number of nitrogens with one attached hydrogen (secondary N) is 2. The molecule has 3 fully saturated rings. The zero-order chi connectivity index (χ0) is 12.0. The van der Waals surface area contributed by atoms with E-state index in [1.807, 2.05) is 4.83 Å². The van der Waals surface area contributed by atoms with Crippen molar-refractivity contribution in [2.75, 3.05) is 39.3 Å². The summed E-state index contributed by atoms with van der Waals surface area (Å²) in [5.41, 5.74) is -5.22. The highest BCUT2D eigenvalue weighted by atomic mass is 32.2. The van der Waals surface area contributed by atoms with Crippen LogP contribution in [0.15, 0.2) is 0 Å². The van der Waals surface area contributed by atoms with Gasteiger partial charge in [-0.05, 0) is 4.83 Å². The molecule has 0 saturated carbocycles. The van der Waals surface area contributed by atoms with E-state index < -0.39 is 15.5 Å². The molecule has 3 rings (SSSR count). The van der Waals surface area contributed by atoms with E-state index in [4.69, 9.17) is 0 Å². The van der Waals surface area contributed by atoms with Crippen molar-refractivity contribution in [3.05, 3.63) is 0 Å². The van der Waals surface area contributed by atoms with Gasteiger partial charge < -0.3 is 4.90 Å². The number of rotatable bonds is 2. The molecule has 94 valence electrons. The Morgan fingerprint density at radius 1 is 1.06 bits per heavy atom. The fourth-order valence-electron chi connectivity index (χ4n) is 2.27. The van der Waals surface area contributed by atoms with E-state index >= 15 is 0 Å². The van der Waals surface area contributed by atoms with Crippen molar-refractivity contribution < 1.29 is 31.1 Å². The number of hydrogen-bond acceptors (Lipinski definition) is 2. The molecule has 0 amide bonds. The Kier molecular flexibility index (Phi) is 2.69. The number of fused-ring (bicyclic) bond motifs is 3. The smallest absolute Gasteiger partial charge is 0.321 e. The van der Waals surface area contributed by atoms with Crippen LogP contribution in [-0.2, 0) is 10.0 Å². The summed E-state index contributed by atoms with van der Waals surface area (Å²) >= 11 is 0. The lowest BCUT2D eigenvalue weighted by Gasteiger charge is -2.46. The van der Waals surface area contributed by atoms with Gasteiger partial charge in [0, 0.05) is 0 Å². The predicted octanol–water partition coefficient (Wildman–Crippen LogP) is -1.93. The van der Waals surface area contributed by atoms with E-state index in [2.05, 4.69) is 0 Å². The first-order valence-electron chi connectivity index (χ1n) is 5.04. The minimum absolute atomic E-state index is 0.147. The largest absolute Gasteiger partial charge is 0.516 e. The lowest BCUT2D eigenvalue weighted by atomic mass is 10.2. The monoisotopic (exact) mass is 261 g/mol. The normalized spacial score (nSPS) is 35.3. The SMILES string of the molecule is O=S(=O)(N[N+]12CC[NH+](CC1)CC2)C(F)(F)F. The molecule has 0 aromatic heterocycles. The van der Waals surface area contributed by atoms with Gasteiger partial charge in [-0.1, -0.05) is 0 Å². The second-order valence-corrected chi connectivity index (χ2v) is 6.01. The van der Waals surface area contributed by atoms with Gasteiger partial charge in [-0.2, -0.15) is 21.6 Å². The van der Waals surface area contributed by atoms with Crippen molar-refractivity contribution in [2.45, 2.75) is 5.51 Å². The number of piperazine rings is 3. The van der Waals surface area contributed by atoms with Gasteiger partial charge in [0.25, 0.3) is 0 Å². The molecule has 2 bridgehead atoms. The summed E-state index contributed by atoms with van der Waals surface area (Å²) in [6.45, 7) is 3.47. The first kappa shape index (κ1) is 12.1. The van der Waals surface area contributed by atoms with E-state index in [0.29, 0.717) is 19.6 Å². The van der Waals surface area contributed by atoms with Crippen LogP contribution in [0, 0.1) is 0 Å². The molecular formula is C7H14F3N3O2S+2. The van der Waals surface area contributed by atoms with Crippen LogP contribution in [-0.4, -0.2) is 57.8 Å². The second-order valence-electron chi connectivity index (χ2n) is 4.36. The van der Waals surface area contributed by atoms with E-state index in [1.54, 1.807) is 0 Å². The van der Waals surface area contributed by atoms with Crippen molar-refractivity contribution in [1.29, 1.82) is 0 Å². The third-order valence-electron chi connectivity index (χ3n) is 3.30. The van der Waals surface area contributed by atoms with Crippen LogP contribution in [0.25, 0.3) is 0 Å². The predicted molar refractivity (Wildman–Crippen MR) is 48.5 cm³/mol. The molecule has 3 heterocycles. The van der Waals surface area contributed by atoms with Crippen LogP contribution in [0.4, 0.5) is 13.2 Å². The van der Waals surface area contributed by atoms with E-state index in [9.17, 15) is 21.6 Å². The molecule has 3 aliphatic heterocycles. The van der Waals surface area contributed by atoms with Gasteiger partial charge in [-0.25, -0.2) is 4.59 Å². The van der Waals surface area contributed by atoms with Crippen molar-refractivity contribution in [1.82, 2.24) is 4.83 Å². The lowest BCUT2D eigenvalue weighted by Crippen LogP contribution is -3.19. The van der Waals surface area contributed by atoms with Crippen LogP contribution in [0.2, 0.25) is 0 Å². The fourth-order valence-corrected chi connectivity index (χ4v) is 3.16. The number of sulfonamides is 1. The second kappa shape index (κ2) is 3.56. The van der Waals surface area contributed by atoms with Gasteiger partial charge in [0.05, 0.1) is 0 Å². The summed E-state index contributed by atoms with van der Waals surface area (Å²) in [6.07, 6.45) is 0. The summed E-state index contributed by atoms with van der Waals surface area (Å²) in [7, 11) is -5.23. The Morgan fingerprint density at radius 3 is 1.88 bits per heavy atom.